The van der Waals surface area contributed by atoms with E-state index >= 15 is 0 Å². The largest absolute Gasteiger partial charge is 0.398 e. The van der Waals surface area contributed by atoms with Gasteiger partial charge in [0.1, 0.15) is 5.82 Å². The number of nitrogens with two attached hydrogens (primary N) is 1. The van der Waals surface area contributed by atoms with Gasteiger partial charge in [-0.05, 0) is 29.8 Å². The van der Waals surface area contributed by atoms with Crippen LogP contribution in [0.5, 0.6) is 0 Å². The molecule has 1 aromatic carbocycles. The van der Waals surface area contributed by atoms with Crippen molar-refractivity contribution in [1.82, 2.24) is 14.8 Å². The van der Waals surface area contributed by atoms with Gasteiger partial charge in [0, 0.05) is 54.9 Å². The van der Waals surface area contributed by atoms with E-state index in [-0.39, 0.29) is 0 Å². The molecule has 0 aliphatic carbocycles. The first-order valence-electron chi connectivity index (χ1n) is 8.88. The number of benzene rings is 1. The van der Waals surface area contributed by atoms with Gasteiger partial charge in [-0.3, -0.25) is 10.1 Å². The second-order valence-corrected chi connectivity index (χ2v) is 6.58. The van der Waals surface area contributed by atoms with Crippen LogP contribution in [0.4, 0.5) is 11.5 Å². The Balaban J connectivity index is 1.66. The van der Waals surface area contributed by atoms with Gasteiger partial charge in [-0.25, -0.2) is 4.98 Å². The van der Waals surface area contributed by atoms with Crippen LogP contribution in [-0.2, 0) is 11.8 Å². The number of hydrogen-bond donors (Lipinski definition) is 2. The fourth-order valence-electron chi connectivity index (χ4n) is 3.22. The van der Waals surface area contributed by atoms with Crippen LogP contribution in [0.2, 0.25) is 0 Å². The minimum absolute atomic E-state index is 0.384. The number of aryl methyl sites for hydroxylation is 1. The van der Waals surface area contributed by atoms with E-state index in [1.54, 1.807) is 10.9 Å². The average Bonchev–Trinajstić information content (AvgIpc) is 3.15. The normalized spacial score (nSPS) is 14.3. The molecule has 3 N–H and O–H groups in total. The van der Waals surface area contributed by atoms with Crippen LogP contribution in [0.3, 0.4) is 0 Å². The zero-order valence-corrected chi connectivity index (χ0v) is 15.2. The van der Waals surface area contributed by atoms with Crippen molar-refractivity contribution in [2.24, 2.45) is 7.05 Å². The Morgan fingerprint density at radius 2 is 1.96 bits per heavy atom. The Kier molecular flexibility index (Phi) is 4.60. The average molecular weight is 362 g/mol. The fraction of sp³-hybridized carbons (Fsp3) is 0.250. The molecule has 0 unspecified atom stereocenters. The monoisotopic (exact) mass is 362 g/mol. The van der Waals surface area contributed by atoms with E-state index in [0.29, 0.717) is 30.2 Å². The minimum atomic E-state index is 0.384. The van der Waals surface area contributed by atoms with Crippen LogP contribution >= 0.6 is 0 Å². The molecule has 7 nitrogen and oxygen atoms in total. The lowest BCUT2D eigenvalue weighted by molar-refractivity contribution is 0.122. The van der Waals surface area contributed by atoms with E-state index in [1.807, 2.05) is 49.8 Å². The maximum atomic E-state index is 8.71. The molecule has 0 amide bonds. The number of nitrogens with one attached hydrogen (secondary N) is 1. The summed E-state index contributed by atoms with van der Waals surface area (Å²) in [6.07, 6.45) is 5.50. The van der Waals surface area contributed by atoms with Gasteiger partial charge >= 0.3 is 0 Å². The number of morpholine rings is 1. The van der Waals surface area contributed by atoms with Gasteiger partial charge in [0.2, 0.25) is 0 Å². The predicted molar refractivity (Wildman–Crippen MR) is 106 cm³/mol. The summed E-state index contributed by atoms with van der Waals surface area (Å²) < 4.78 is 7.16. The van der Waals surface area contributed by atoms with Gasteiger partial charge in [0.15, 0.2) is 0 Å². The molecular weight excluding hydrogens is 340 g/mol. The zero-order chi connectivity index (χ0) is 18.8. The number of rotatable bonds is 4. The molecule has 3 heterocycles. The van der Waals surface area contributed by atoms with Gasteiger partial charge < -0.3 is 15.4 Å². The Morgan fingerprint density at radius 1 is 1.15 bits per heavy atom. The topological polar surface area (TPSA) is 93.0 Å². The molecule has 0 bridgehead atoms. The first-order valence-corrected chi connectivity index (χ1v) is 8.88. The van der Waals surface area contributed by atoms with Crippen molar-refractivity contribution in [1.29, 1.82) is 5.41 Å². The van der Waals surface area contributed by atoms with Crippen molar-refractivity contribution < 1.29 is 4.74 Å². The zero-order valence-electron chi connectivity index (χ0n) is 15.2. The Morgan fingerprint density at radius 3 is 2.70 bits per heavy atom. The quantitative estimate of drug-likeness (QED) is 0.549. The summed E-state index contributed by atoms with van der Waals surface area (Å²) in [5, 5.41) is 12.9. The Bertz CT molecular complexity index is 974. The SMILES string of the molecule is Cn1cc(-c2ccc(N)c(C(=N)c3ccnc(N4CCOCC4)c3)c2)cn1. The number of aromatic nitrogens is 3. The summed E-state index contributed by atoms with van der Waals surface area (Å²) >= 11 is 0. The maximum absolute atomic E-state index is 8.71. The van der Waals surface area contributed by atoms with Crippen LogP contribution in [0.15, 0.2) is 48.9 Å². The lowest BCUT2D eigenvalue weighted by atomic mass is 9.97. The summed E-state index contributed by atoms with van der Waals surface area (Å²) in [7, 11) is 1.88. The van der Waals surface area contributed by atoms with Crippen molar-refractivity contribution in [3.8, 4) is 11.1 Å². The van der Waals surface area contributed by atoms with Gasteiger partial charge in [-0.15, -0.1) is 0 Å². The molecule has 2 aromatic heterocycles. The molecule has 0 saturated carbocycles. The highest BCUT2D eigenvalue weighted by molar-refractivity contribution is 6.14. The van der Waals surface area contributed by atoms with Gasteiger partial charge in [0.25, 0.3) is 0 Å². The lowest BCUT2D eigenvalue weighted by Crippen LogP contribution is -2.36. The molecule has 7 heteroatoms. The van der Waals surface area contributed by atoms with E-state index in [4.69, 9.17) is 15.9 Å². The van der Waals surface area contributed by atoms with Crippen LogP contribution < -0.4 is 10.6 Å². The molecule has 1 saturated heterocycles. The molecule has 0 spiro atoms. The number of hydrogen-bond acceptors (Lipinski definition) is 6. The summed E-state index contributed by atoms with van der Waals surface area (Å²) in [4.78, 5) is 6.64. The van der Waals surface area contributed by atoms with Crippen LogP contribution in [0.25, 0.3) is 11.1 Å². The third-order valence-corrected chi connectivity index (χ3v) is 4.73. The molecule has 27 heavy (non-hydrogen) atoms. The Labute approximate surface area is 157 Å². The maximum Gasteiger partial charge on any atom is 0.129 e. The van der Waals surface area contributed by atoms with E-state index < -0.39 is 0 Å². The van der Waals surface area contributed by atoms with Crippen LogP contribution in [0, 0.1) is 5.41 Å². The fourth-order valence-corrected chi connectivity index (χ4v) is 3.22. The molecule has 3 aromatic rings. The summed E-state index contributed by atoms with van der Waals surface area (Å²) in [6.45, 7) is 3.01. The summed E-state index contributed by atoms with van der Waals surface area (Å²) in [5.41, 5.74) is 10.6. The number of pyridine rings is 1. The highest BCUT2D eigenvalue weighted by Gasteiger charge is 2.16. The van der Waals surface area contributed by atoms with Gasteiger partial charge in [0.05, 0.1) is 25.1 Å². The van der Waals surface area contributed by atoms with E-state index in [2.05, 4.69) is 15.0 Å². The number of ether oxygens (including phenoxy) is 1. The Hall–Kier alpha value is -3.19. The highest BCUT2D eigenvalue weighted by Crippen LogP contribution is 2.26. The number of nitrogens with zero attached hydrogens (tertiary/aromatic N) is 4. The van der Waals surface area contributed by atoms with Crippen LogP contribution in [-0.4, -0.2) is 46.8 Å². The second-order valence-electron chi connectivity index (χ2n) is 6.58. The van der Waals surface area contributed by atoms with Gasteiger partial charge in [-0.2, -0.15) is 5.10 Å². The molecule has 0 atom stereocenters. The first-order chi connectivity index (χ1) is 13.1. The third-order valence-electron chi connectivity index (χ3n) is 4.73. The van der Waals surface area contributed by atoms with Crippen molar-refractivity contribution in [3.63, 3.8) is 0 Å². The second kappa shape index (κ2) is 7.20. The molecule has 0 radical (unpaired) electrons. The highest BCUT2D eigenvalue weighted by atomic mass is 16.5. The van der Waals surface area contributed by atoms with Gasteiger partial charge in [-0.1, -0.05) is 6.07 Å². The third kappa shape index (κ3) is 3.54. The van der Waals surface area contributed by atoms with E-state index in [1.165, 1.54) is 0 Å². The lowest BCUT2D eigenvalue weighted by Gasteiger charge is -2.28. The molecule has 138 valence electrons. The van der Waals surface area contributed by atoms with E-state index in [0.717, 1.165) is 35.6 Å². The molecule has 4 rings (SSSR count). The molecule has 1 aliphatic heterocycles. The number of nitrogen functional groups attached to an aromatic ring is 1. The van der Waals surface area contributed by atoms with Crippen molar-refractivity contribution >= 4 is 17.2 Å². The van der Waals surface area contributed by atoms with Crippen molar-refractivity contribution in [2.45, 2.75) is 0 Å². The predicted octanol–water partition coefficient (Wildman–Crippen LogP) is 2.32. The van der Waals surface area contributed by atoms with E-state index in [9.17, 15) is 0 Å². The molecule has 1 aliphatic rings. The minimum Gasteiger partial charge on any atom is -0.398 e. The number of anilines is 2. The van der Waals surface area contributed by atoms with Crippen LogP contribution in [0.1, 0.15) is 11.1 Å². The molecule has 1 fully saturated rings. The van der Waals surface area contributed by atoms with Crippen molar-refractivity contribution in [3.05, 3.63) is 60.0 Å². The van der Waals surface area contributed by atoms with Crippen molar-refractivity contribution in [2.75, 3.05) is 36.9 Å². The smallest absolute Gasteiger partial charge is 0.129 e. The first kappa shape index (κ1) is 17.2. The summed E-state index contributed by atoms with van der Waals surface area (Å²) in [5.74, 6) is 0.863. The summed E-state index contributed by atoms with van der Waals surface area (Å²) in [6, 6.07) is 9.54. The standard InChI is InChI=1S/C20H22N6O/c1-25-13-16(12-24-25)14-2-3-18(21)17(10-14)20(22)15-4-5-23-19(11-15)26-6-8-27-9-7-26/h2-5,10-13,22H,6-9,21H2,1H3. The molecular formula is C20H22N6O.